The van der Waals surface area contributed by atoms with Crippen LogP contribution in [0.3, 0.4) is 0 Å². The zero-order valence-corrected chi connectivity index (χ0v) is 12.6. The van der Waals surface area contributed by atoms with Gasteiger partial charge in [-0.15, -0.1) is 0 Å². The average molecular weight is 267 g/mol. The van der Waals surface area contributed by atoms with E-state index in [4.69, 9.17) is 4.74 Å². The number of rotatable bonds is 9. The van der Waals surface area contributed by atoms with Gasteiger partial charge < -0.3 is 10.1 Å². The fraction of sp³-hybridized carbons (Fsp3) is 0.600. The molecule has 1 unspecified atom stereocenters. The molecule has 0 amide bonds. The van der Waals surface area contributed by atoms with E-state index in [9.17, 15) is 0 Å². The van der Waals surface area contributed by atoms with Crippen molar-refractivity contribution in [1.29, 1.82) is 0 Å². The van der Waals surface area contributed by atoms with Gasteiger partial charge in [0.05, 0.1) is 6.61 Å². The van der Waals surface area contributed by atoms with Crippen LogP contribution in [0.25, 0.3) is 0 Å². The minimum atomic E-state index is 0.535. The van der Waals surface area contributed by atoms with Crippen LogP contribution in [0.15, 0.2) is 24.3 Å². The Balaban J connectivity index is 2.35. The van der Waals surface area contributed by atoms with Gasteiger partial charge in [0.1, 0.15) is 5.75 Å². The number of nitrogens with one attached hydrogen (secondary N) is 1. The first kappa shape index (κ1) is 15.4. The van der Waals surface area contributed by atoms with Crippen LogP contribution in [0.2, 0.25) is 0 Å². The SMILES string of the molecule is CCCNC(C)Cc1ccc(OCCSC)cc1. The van der Waals surface area contributed by atoms with Crippen LogP contribution in [-0.4, -0.2) is 31.2 Å². The van der Waals surface area contributed by atoms with E-state index in [-0.39, 0.29) is 0 Å². The van der Waals surface area contributed by atoms with Gasteiger partial charge in [-0.1, -0.05) is 19.1 Å². The molecule has 2 nitrogen and oxygen atoms in total. The molecule has 0 bridgehead atoms. The summed E-state index contributed by atoms with van der Waals surface area (Å²) in [6.07, 6.45) is 4.36. The van der Waals surface area contributed by atoms with E-state index < -0.39 is 0 Å². The van der Waals surface area contributed by atoms with Gasteiger partial charge in [0, 0.05) is 11.8 Å². The van der Waals surface area contributed by atoms with Crippen molar-refractivity contribution in [1.82, 2.24) is 5.32 Å². The molecule has 0 heterocycles. The molecule has 1 N–H and O–H groups in total. The molecule has 0 spiro atoms. The maximum Gasteiger partial charge on any atom is 0.119 e. The van der Waals surface area contributed by atoms with Crippen LogP contribution in [0.5, 0.6) is 5.75 Å². The maximum atomic E-state index is 5.63. The molecule has 0 fully saturated rings. The van der Waals surface area contributed by atoms with Gasteiger partial charge in [-0.3, -0.25) is 0 Å². The van der Waals surface area contributed by atoms with E-state index >= 15 is 0 Å². The Morgan fingerprint density at radius 2 is 2.00 bits per heavy atom. The van der Waals surface area contributed by atoms with Crippen molar-refractivity contribution in [3.63, 3.8) is 0 Å². The summed E-state index contributed by atoms with van der Waals surface area (Å²) in [6.45, 7) is 6.31. The van der Waals surface area contributed by atoms with Crippen molar-refractivity contribution < 1.29 is 4.74 Å². The highest BCUT2D eigenvalue weighted by Crippen LogP contribution is 2.13. The average Bonchev–Trinajstić information content (AvgIpc) is 2.39. The fourth-order valence-electron chi connectivity index (χ4n) is 1.78. The molecule has 1 rings (SSSR count). The summed E-state index contributed by atoms with van der Waals surface area (Å²) in [6, 6.07) is 9.01. The standard InChI is InChI=1S/C15H25NOS/c1-4-9-16-13(2)12-14-5-7-15(8-6-14)17-10-11-18-3/h5-8,13,16H,4,9-12H2,1-3H3. The second kappa shape index (κ2) is 9.29. The zero-order chi connectivity index (χ0) is 13.2. The van der Waals surface area contributed by atoms with E-state index in [0.29, 0.717) is 6.04 Å². The minimum absolute atomic E-state index is 0.535. The van der Waals surface area contributed by atoms with E-state index in [2.05, 4.69) is 49.7 Å². The summed E-state index contributed by atoms with van der Waals surface area (Å²) in [4.78, 5) is 0. The minimum Gasteiger partial charge on any atom is -0.493 e. The number of hydrogen-bond acceptors (Lipinski definition) is 3. The van der Waals surface area contributed by atoms with Crippen LogP contribution in [-0.2, 0) is 6.42 Å². The molecule has 1 aromatic rings. The van der Waals surface area contributed by atoms with Crippen molar-refractivity contribution in [2.75, 3.05) is 25.2 Å². The second-order valence-electron chi connectivity index (χ2n) is 4.54. The van der Waals surface area contributed by atoms with Crippen LogP contribution in [0.1, 0.15) is 25.8 Å². The van der Waals surface area contributed by atoms with Gasteiger partial charge in [-0.2, -0.15) is 11.8 Å². The van der Waals surface area contributed by atoms with Crippen LogP contribution >= 0.6 is 11.8 Å². The Labute approximate surface area is 116 Å². The molecule has 18 heavy (non-hydrogen) atoms. The Hall–Kier alpha value is -0.670. The van der Waals surface area contributed by atoms with Gasteiger partial charge in [0.15, 0.2) is 0 Å². The molecule has 0 aliphatic rings. The first-order chi connectivity index (χ1) is 8.76. The van der Waals surface area contributed by atoms with Crippen molar-refractivity contribution in [2.24, 2.45) is 0 Å². The lowest BCUT2D eigenvalue weighted by molar-refractivity contribution is 0.344. The Bertz CT molecular complexity index is 313. The predicted octanol–water partition coefficient (Wildman–Crippen LogP) is 3.36. The summed E-state index contributed by atoms with van der Waals surface area (Å²) < 4.78 is 5.63. The van der Waals surface area contributed by atoms with Crippen LogP contribution < -0.4 is 10.1 Å². The molecule has 1 aromatic carbocycles. The van der Waals surface area contributed by atoms with Crippen molar-refractivity contribution in [3.8, 4) is 5.75 Å². The first-order valence-electron chi connectivity index (χ1n) is 6.70. The van der Waals surface area contributed by atoms with Crippen molar-refractivity contribution >= 4 is 11.8 Å². The molecule has 0 aliphatic heterocycles. The lowest BCUT2D eigenvalue weighted by Crippen LogP contribution is -2.28. The lowest BCUT2D eigenvalue weighted by atomic mass is 10.1. The van der Waals surface area contributed by atoms with Gasteiger partial charge in [-0.25, -0.2) is 0 Å². The third-order valence-corrected chi connectivity index (χ3v) is 3.34. The number of hydrogen-bond donors (Lipinski definition) is 1. The molecule has 1 atom stereocenters. The van der Waals surface area contributed by atoms with Gasteiger partial charge >= 0.3 is 0 Å². The van der Waals surface area contributed by atoms with E-state index in [1.54, 1.807) is 11.8 Å². The van der Waals surface area contributed by atoms with E-state index in [1.165, 1.54) is 12.0 Å². The molecular formula is C15H25NOS. The Morgan fingerprint density at radius 3 is 2.61 bits per heavy atom. The second-order valence-corrected chi connectivity index (χ2v) is 5.53. The van der Waals surface area contributed by atoms with E-state index in [1.807, 2.05) is 0 Å². The molecular weight excluding hydrogens is 242 g/mol. The molecule has 0 radical (unpaired) electrons. The molecule has 102 valence electrons. The van der Waals surface area contributed by atoms with E-state index in [0.717, 1.165) is 31.1 Å². The largest absolute Gasteiger partial charge is 0.493 e. The van der Waals surface area contributed by atoms with Crippen molar-refractivity contribution in [2.45, 2.75) is 32.7 Å². The molecule has 0 aliphatic carbocycles. The third kappa shape index (κ3) is 6.31. The zero-order valence-electron chi connectivity index (χ0n) is 11.7. The van der Waals surface area contributed by atoms with Gasteiger partial charge in [-0.05, 0) is 50.3 Å². The highest BCUT2D eigenvalue weighted by atomic mass is 32.2. The van der Waals surface area contributed by atoms with Crippen LogP contribution in [0, 0.1) is 0 Å². The Morgan fingerprint density at radius 1 is 1.28 bits per heavy atom. The number of benzene rings is 1. The monoisotopic (exact) mass is 267 g/mol. The molecule has 0 aromatic heterocycles. The topological polar surface area (TPSA) is 21.3 Å². The van der Waals surface area contributed by atoms with Gasteiger partial charge in [0.25, 0.3) is 0 Å². The highest BCUT2D eigenvalue weighted by Gasteiger charge is 2.02. The Kier molecular flexibility index (Phi) is 7.94. The first-order valence-corrected chi connectivity index (χ1v) is 8.09. The summed E-state index contributed by atoms with van der Waals surface area (Å²) in [5, 5.41) is 3.50. The summed E-state index contributed by atoms with van der Waals surface area (Å²) in [7, 11) is 0. The number of ether oxygens (including phenoxy) is 1. The smallest absolute Gasteiger partial charge is 0.119 e. The van der Waals surface area contributed by atoms with Crippen molar-refractivity contribution in [3.05, 3.63) is 29.8 Å². The summed E-state index contributed by atoms with van der Waals surface area (Å²) >= 11 is 1.81. The molecule has 0 saturated heterocycles. The quantitative estimate of drug-likeness (QED) is 0.693. The maximum absolute atomic E-state index is 5.63. The molecule has 3 heteroatoms. The summed E-state index contributed by atoms with van der Waals surface area (Å²) in [5.74, 6) is 2.02. The number of thioether (sulfide) groups is 1. The summed E-state index contributed by atoms with van der Waals surface area (Å²) in [5.41, 5.74) is 1.36. The van der Waals surface area contributed by atoms with Gasteiger partial charge in [0.2, 0.25) is 0 Å². The third-order valence-electron chi connectivity index (χ3n) is 2.76. The molecule has 0 saturated carbocycles. The predicted molar refractivity (Wildman–Crippen MR) is 81.8 cm³/mol. The fourth-order valence-corrected chi connectivity index (χ4v) is 2.03. The lowest BCUT2D eigenvalue weighted by Gasteiger charge is -2.13. The highest BCUT2D eigenvalue weighted by molar-refractivity contribution is 7.98. The normalized spacial score (nSPS) is 12.4. The van der Waals surface area contributed by atoms with Crippen LogP contribution in [0.4, 0.5) is 0 Å².